The first-order valence-electron chi connectivity index (χ1n) is 2.35. The number of hydrogen-bond donors (Lipinski definition) is 1. The molecule has 6 heavy (non-hydrogen) atoms. The van der Waals surface area contributed by atoms with Crippen molar-refractivity contribution in [3.05, 3.63) is 11.8 Å². The minimum Gasteiger partial charge on any atom is -0.402 e. The molecule has 1 saturated carbocycles. The van der Waals surface area contributed by atoms with Crippen LogP contribution in [0.5, 0.6) is 0 Å². The minimum absolute atomic E-state index is 0.838. The van der Waals surface area contributed by atoms with Crippen molar-refractivity contribution in [2.24, 2.45) is 17.6 Å². The van der Waals surface area contributed by atoms with Crippen LogP contribution >= 0.6 is 0 Å². The summed E-state index contributed by atoms with van der Waals surface area (Å²) < 4.78 is 0. The van der Waals surface area contributed by atoms with Crippen LogP contribution in [0.2, 0.25) is 0 Å². The maximum absolute atomic E-state index is 5.42. The molecule has 0 aliphatic heterocycles. The highest BCUT2D eigenvalue weighted by molar-refractivity contribution is 5.29. The van der Waals surface area contributed by atoms with Crippen LogP contribution in [0.3, 0.4) is 0 Å². The standard InChI is InChI=1S/C5H7N/c6-5-2-3-1-4(3)5/h2-4H,1,6H2. The number of allylic oxidation sites excluding steroid dienone is 2. The third-order valence-corrected chi connectivity index (χ3v) is 1.67. The highest BCUT2D eigenvalue weighted by atomic mass is 14.7. The van der Waals surface area contributed by atoms with Crippen molar-refractivity contribution < 1.29 is 0 Å². The van der Waals surface area contributed by atoms with Crippen molar-refractivity contribution in [1.82, 2.24) is 0 Å². The predicted octanol–water partition coefficient (Wildman–Crippen LogP) is 0.479. The van der Waals surface area contributed by atoms with E-state index in [0.717, 1.165) is 17.5 Å². The van der Waals surface area contributed by atoms with Gasteiger partial charge in [0.2, 0.25) is 0 Å². The zero-order chi connectivity index (χ0) is 4.15. The van der Waals surface area contributed by atoms with Crippen molar-refractivity contribution in [2.45, 2.75) is 6.42 Å². The molecule has 2 aliphatic carbocycles. The second kappa shape index (κ2) is 0.512. The molecule has 1 heteroatoms. The smallest absolute Gasteiger partial charge is 0.00807 e. The predicted molar refractivity (Wildman–Crippen MR) is 23.9 cm³/mol. The molecule has 0 radical (unpaired) electrons. The molecule has 0 amide bonds. The highest BCUT2D eigenvalue weighted by Crippen LogP contribution is 2.51. The maximum atomic E-state index is 5.42. The van der Waals surface area contributed by atoms with E-state index in [1.165, 1.54) is 6.42 Å². The Hall–Kier alpha value is -0.460. The molecule has 32 valence electrons. The third-order valence-electron chi connectivity index (χ3n) is 1.67. The van der Waals surface area contributed by atoms with Crippen molar-refractivity contribution in [3.63, 3.8) is 0 Å². The Morgan fingerprint density at radius 2 is 2.67 bits per heavy atom. The first kappa shape index (κ1) is 2.67. The zero-order valence-corrected chi connectivity index (χ0v) is 3.52. The maximum Gasteiger partial charge on any atom is 0.00807 e. The van der Waals surface area contributed by atoms with Crippen molar-refractivity contribution >= 4 is 0 Å². The molecule has 2 atom stereocenters. The van der Waals surface area contributed by atoms with Crippen LogP contribution in [0.15, 0.2) is 11.8 Å². The van der Waals surface area contributed by atoms with Crippen LogP contribution in [0.1, 0.15) is 6.42 Å². The summed E-state index contributed by atoms with van der Waals surface area (Å²) in [6.07, 6.45) is 3.51. The van der Waals surface area contributed by atoms with Gasteiger partial charge in [-0.25, -0.2) is 0 Å². The summed E-state index contributed by atoms with van der Waals surface area (Å²) in [5.41, 5.74) is 6.56. The normalized spacial score (nSPS) is 49.0. The summed E-state index contributed by atoms with van der Waals surface area (Å²) in [7, 11) is 0. The number of fused-ring (bicyclic) bond motifs is 1. The van der Waals surface area contributed by atoms with Crippen LogP contribution in [-0.4, -0.2) is 0 Å². The van der Waals surface area contributed by atoms with E-state index in [-0.39, 0.29) is 0 Å². The Labute approximate surface area is 36.8 Å². The van der Waals surface area contributed by atoms with Crippen LogP contribution in [0.4, 0.5) is 0 Å². The Morgan fingerprint density at radius 3 is 2.67 bits per heavy atom. The SMILES string of the molecule is NC1=CC2CC12. The molecule has 0 heterocycles. The van der Waals surface area contributed by atoms with E-state index < -0.39 is 0 Å². The van der Waals surface area contributed by atoms with E-state index in [9.17, 15) is 0 Å². The van der Waals surface area contributed by atoms with E-state index in [1.54, 1.807) is 0 Å². The van der Waals surface area contributed by atoms with Gasteiger partial charge in [0.25, 0.3) is 0 Å². The molecular weight excluding hydrogens is 74.1 g/mol. The monoisotopic (exact) mass is 81.1 g/mol. The fraction of sp³-hybridized carbons (Fsp3) is 0.600. The molecule has 2 aliphatic rings. The van der Waals surface area contributed by atoms with Gasteiger partial charge in [0, 0.05) is 11.6 Å². The second-order valence-electron chi connectivity index (χ2n) is 2.17. The van der Waals surface area contributed by atoms with E-state index in [0.29, 0.717) is 0 Å². The Balaban J connectivity index is 2.34. The molecule has 0 saturated heterocycles. The number of rotatable bonds is 0. The van der Waals surface area contributed by atoms with Crippen LogP contribution in [0.25, 0.3) is 0 Å². The average Bonchev–Trinajstić information content (AvgIpc) is 2.12. The lowest BCUT2D eigenvalue weighted by Gasteiger charge is -2.04. The Kier molecular flexibility index (Phi) is 0.228. The van der Waals surface area contributed by atoms with Gasteiger partial charge >= 0.3 is 0 Å². The molecule has 0 spiro atoms. The lowest BCUT2D eigenvalue weighted by atomic mass is 10.1. The molecule has 0 aromatic rings. The van der Waals surface area contributed by atoms with Gasteiger partial charge in [-0.05, 0) is 12.3 Å². The van der Waals surface area contributed by atoms with Crippen LogP contribution in [-0.2, 0) is 0 Å². The van der Waals surface area contributed by atoms with Crippen LogP contribution in [0, 0.1) is 11.8 Å². The van der Waals surface area contributed by atoms with E-state index in [2.05, 4.69) is 6.08 Å². The molecule has 0 aromatic heterocycles. The minimum atomic E-state index is 0.838. The lowest BCUT2D eigenvalue weighted by Crippen LogP contribution is -2.07. The quantitative estimate of drug-likeness (QED) is 0.451. The van der Waals surface area contributed by atoms with Gasteiger partial charge < -0.3 is 5.73 Å². The molecule has 1 fully saturated rings. The zero-order valence-electron chi connectivity index (χ0n) is 3.52. The first-order chi connectivity index (χ1) is 2.88. The number of nitrogens with two attached hydrogens (primary N) is 1. The molecule has 1 nitrogen and oxygen atoms in total. The van der Waals surface area contributed by atoms with Crippen molar-refractivity contribution in [3.8, 4) is 0 Å². The summed E-state index contributed by atoms with van der Waals surface area (Å²) in [6.45, 7) is 0. The lowest BCUT2D eigenvalue weighted by molar-refractivity contribution is 0.810. The van der Waals surface area contributed by atoms with Gasteiger partial charge in [0.05, 0.1) is 0 Å². The second-order valence-corrected chi connectivity index (χ2v) is 2.17. The van der Waals surface area contributed by atoms with Gasteiger partial charge in [-0.1, -0.05) is 6.08 Å². The number of hydrogen-bond acceptors (Lipinski definition) is 1. The third kappa shape index (κ3) is 0.125. The summed E-state index contributed by atoms with van der Waals surface area (Å²) in [5, 5.41) is 0. The van der Waals surface area contributed by atoms with Crippen LogP contribution < -0.4 is 5.73 Å². The fourth-order valence-electron chi connectivity index (χ4n) is 1.03. The van der Waals surface area contributed by atoms with Gasteiger partial charge in [0.1, 0.15) is 0 Å². The summed E-state index contributed by atoms with van der Waals surface area (Å²) in [4.78, 5) is 0. The van der Waals surface area contributed by atoms with Gasteiger partial charge in [-0.3, -0.25) is 0 Å². The van der Waals surface area contributed by atoms with E-state index >= 15 is 0 Å². The molecule has 2 rings (SSSR count). The molecule has 0 bridgehead atoms. The van der Waals surface area contributed by atoms with E-state index in [4.69, 9.17) is 5.73 Å². The first-order valence-corrected chi connectivity index (χ1v) is 2.35. The molecular formula is C5H7N. The summed E-state index contributed by atoms with van der Waals surface area (Å²) in [5.74, 6) is 1.76. The summed E-state index contributed by atoms with van der Waals surface area (Å²) >= 11 is 0. The van der Waals surface area contributed by atoms with Gasteiger partial charge in [-0.15, -0.1) is 0 Å². The highest BCUT2D eigenvalue weighted by Gasteiger charge is 2.44. The molecule has 2 unspecified atom stereocenters. The average molecular weight is 81.1 g/mol. The topological polar surface area (TPSA) is 26.0 Å². The van der Waals surface area contributed by atoms with Crippen molar-refractivity contribution in [1.29, 1.82) is 0 Å². The molecule has 0 aromatic carbocycles. The Morgan fingerprint density at radius 1 is 1.83 bits per heavy atom. The van der Waals surface area contributed by atoms with Gasteiger partial charge in [-0.2, -0.15) is 0 Å². The molecule has 2 N–H and O–H groups in total. The largest absolute Gasteiger partial charge is 0.402 e. The Bertz CT molecular complexity index is 115. The fourth-order valence-corrected chi connectivity index (χ4v) is 1.03. The van der Waals surface area contributed by atoms with E-state index in [1.807, 2.05) is 0 Å². The summed E-state index contributed by atoms with van der Waals surface area (Å²) in [6, 6.07) is 0. The van der Waals surface area contributed by atoms with Gasteiger partial charge in [0.15, 0.2) is 0 Å². The van der Waals surface area contributed by atoms with Crippen molar-refractivity contribution in [2.75, 3.05) is 0 Å².